The van der Waals surface area contributed by atoms with Crippen LogP contribution in [0.2, 0.25) is 10.0 Å². The van der Waals surface area contributed by atoms with Gasteiger partial charge in [-0.15, -0.1) is 0 Å². The smallest absolute Gasteiger partial charge is 0.341 e. The highest BCUT2D eigenvalue weighted by Crippen LogP contribution is 2.25. The van der Waals surface area contributed by atoms with Gasteiger partial charge in [0.2, 0.25) is 0 Å². The van der Waals surface area contributed by atoms with Gasteiger partial charge in [-0.2, -0.15) is 5.10 Å². The first kappa shape index (κ1) is 13.9. The molecule has 0 aliphatic heterocycles. The maximum atomic E-state index is 11.7. The number of nitrogens with zero attached hydrogens (tertiary/aromatic N) is 2. The fourth-order valence-corrected chi connectivity index (χ4v) is 1.99. The number of aromatic nitrogens is 2. The third-order valence-corrected chi connectivity index (χ3v) is 3.39. The highest BCUT2D eigenvalue weighted by molar-refractivity contribution is 6.42. The molecule has 0 N–H and O–H groups in total. The zero-order chi connectivity index (χ0) is 14.0. The molecule has 2 aromatic rings. The van der Waals surface area contributed by atoms with Crippen LogP contribution in [0.25, 0.3) is 5.69 Å². The lowest BCUT2D eigenvalue weighted by Gasteiger charge is -2.06. The van der Waals surface area contributed by atoms with E-state index in [0.29, 0.717) is 27.9 Å². The number of esters is 1. The fourth-order valence-electron chi connectivity index (χ4n) is 1.70. The second kappa shape index (κ2) is 5.63. The first-order valence-electron chi connectivity index (χ1n) is 5.71. The van der Waals surface area contributed by atoms with E-state index in [0.717, 1.165) is 5.69 Å². The van der Waals surface area contributed by atoms with E-state index in [1.807, 2.05) is 0 Å². The number of benzene rings is 1. The predicted molar refractivity (Wildman–Crippen MR) is 74.3 cm³/mol. The Morgan fingerprint density at radius 3 is 2.74 bits per heavy atom. The molecule has 0 saturated heterocycles. The molecule has 6 heteroatoms. The summed E-state index contributed by atoms with van der Waals surface area (Å²) >= 11 is 11.8. The average Bonchev–Trinajstić information content (AvgIpc) is 2.75. The monoisotopic (exact) mass is 298 g/mol. The number of carbonyl (C=O) groups excluding carboxylic acids is 1. The van der Waals surface area contributed by atoms with Crippen LogP contribution in [0.4, 0.5) is 0 Å². The molecule has 4 nitrogen and oxygen atoms in total. The van der Waals surface area contributed by atoms with E-state index >= 15 is 0 Å². The Hall–Kier alpha value is -1.52. The summed E-state index contributed by atoms with van der Waals surface area (Å²) in [7, 11) is 0. The highest BCUT2D eigenvalue weighted by atomic mass is 35.5. The van der Waals surface area contributed by atoms with Crippen LogP contribution in [0.15, 0.2) is 24.4 Å². The van der Waals surface area contributed by atoms with Crippen molar-refractivity contribution in [3.8, 4) is 5.69 Å². The summed E-state index contributed by atoms with van der Waals surface area (Å²) in [5, 5.41) is 5.08. The van der Waals surface area contributed by atoms with Crippen LogP contribution < -0.4 is 0 Å². The summed E-state index contributed by atoms with van der Waals surface area (Å²) < 4.78 is 6.58. The molecule has 2 rings (SSSR count). The molecule has 0 fully saturated rings. The second-order valence-electron chi connectivity index (χ2n) is 3.87. The highest BCUT2D eigenvalue weighted by Gasteiger charge is 2.16. The Kier molecular flexibility index (Phi) is 4.12. The van der Waals surface area contributed by atoms with Gasteiger partial charge < -0.3 is 4.74 Å². The second-order valence-corrected chi connectivity index (χ2v) is 4.69. The number of rotatable bonds is 3. The number of carbonyl (C=O) groups is 1. The Morgan fingerprint density at radius 2 is 2.11 bits per heavy atom. The SMILES string of the molecule is CCOC(=O)c1cnn(-c2ccc(Cl)c(Cl)c2)c1C. The number of hydrogen-bond acceptors (Lipinski definition) is 3. The van der Waals surface area contributed by atoms with Crippen molar-refractivity contribution in [1.29, 1.82) is 0 Å². The molecular formula is C13H12Cl2N2O2. The summed E-state index contributed by atoms with van der Waals surface area (Å²) in [5.74, 6) is -0.383. The van der Waals surface area contributed by atoms with Crippen molar-refractivity contribution >= 4 is 29.2 Å². The Balaban J connectivity index is 2.41. The Bertz CT molecular complexity index is 623. The van der Waals surface area contributed by atoms with Crippen molar-refractivity contribution < 1.29 is 9.53 Å². The van der Waals surface area contributed by atoms with E-state index < -0.39 is 0 Å². The minimum absolute atomic E-state index is 0.330. The van der Waals surface area contributed by atoms with Crippen molar-refractivity contribution in [2.75, 3.05) is 6.61 Å². The van der Waals surface area contributed by atoms with E-state index in [2.05, 4.69) is 5.10 Å². The van der Waals surface area contributed by atoms with Gasteiger partial charge in [0.15, 0.2) is 0 Å². The van der Waals surface area contributed by atoms with Crippen LogP contribution >= 0.6 is 23.2 Å². The molecule has 0 unspecified atom stereocenters. The molecule has 1 heterocycles. The number of halogens is 2. The van der Waals surface area contributed by atoms with Crippen molar-refractivity contribution in [1.82, 2.24) is 9.78 Å². The van der Waals surface area contributed by atoms with Gasteiger partial charge in [-0.1, -0.05) is 23.2 Å². The van der Waals surface area contributed by atoms with Crippen LogP contribution in [0.1, 0.15) is 23.0 Å². The first-order chi connectivity index (χ1) is 9.04. The molecule has 0 amide bonds. The normalized spacial score (nSPS) is 10.5. The van der Waals surface area contributed by atoms with Gasteiger partial charge in [0.05, 0.1) is 34.2 Å². The quantitative estimate of drug-likeness (QED) is 0.812. The van der Waals surface area contributed by atoms with Crippen LogP contribution in [-0.2, 0) is 4.74 Å². The summed E-state index contributed by atoms with van der Waals surface area (Å²) in [5.41, 5.74) is 1.87. The molecule has 100 valence electrons. The third-order valence-electron chi connectivity index (χ3n) is 2.65. The molecule has 0 bridgehead atoms. The molecule has 0 spiro atoms. The lowest BCUT2D eigenvalue weighted by Crippen LogP contribution is -2.06. The van der Waals surface area contributed by atoms with Crippen molar-refractivity contribution in [2.24, 2.45) is 0 Å². The fraction of sp³-hybridized carbons (Fsp3) is 0.231. The van der Waals surface area contributed by atoms with Crippen LogP contribution in [0, 0.1) is 6.92 Å². The van der Waals surface area contributed by atoms with E-state index in [9.17, 15) is 4.79 Å². The van der Waals surface area contributed by atoms with Gasteiger partial charge in [-0.25, -0.2) is 9.48 Å². The lowest BCUT2D eigenvalue weighted by molar-refractivity contribution is 0.0525. The van der Waals surface area contributed by atoms with Crippen molar-refractivity contribution in [3.63, 3.8) is 0 Å². The molecule has 1 aromatic carbocycles. The molecule has 0 aliphatic carbocycles. The minimum atomic E-state index is -0.383. The van der Waals surface area contributed by atoms with E-state index in [1.165, 1.54) is 6.20 Å². The minimum Gasteiger partial charge on any atom is -0.462 e. The summed E-state index contributed by atoms with van der Waals surface area (Å²) in [6.07, 6.45) is 1.48. The Labute approximate surface area is 120 Å². The maximum Gasteiger partial charge on any atom is 0.341 e. The zero-order valence-electron chi connectivity index (χ0n) is 10.5. The molecule has 0 saturated carbocycles. The van der Waals surface area contributed by atoms with Gasteiger partial charge in [0, 0.05) is 0 Å². The summed E-state index contributed by atoms with van der Waals surface area (Å²) in [4.78, 5) is 11.7. The standard InChI is InChI=1S/C13H12Cl2N2O2/c1-3-19-13(18)10-7-16-17(8(10)2)9-4-5-11(14)12(15)6-9/h4-7H,3H2,1-2H3. The largest absolute Gasteiger partial charge is 0.462 e. The van der Waals surface area contributed by atoms with Gasteiger partial charge in [-0.05, 0) is 32.0 Å². The topological polar surface area (TPSA) is 44.1 Å². The third kappa shape index (κ3) is 2.74. The van der Waals surface area contributed by atoms with E-state index in [1.54, 1.807) is 36.7 Å². The van der Waals surface area contributed by atoms with Crippen LogP contribution in [0.5, 0.6) is 0 Å². The van der Waals surface area contributed by atoms with Crippen LogP contribution in [-0.4, -0.2) is 22.4 Å². The molecule has 19 heavy (non-hydrogen) atoms. The van der Waals surface area contributed by atoms with Crippen molar-refractivity contribution in [3.05, 3.63) is 45.7 Å². The summed E-state index contributed by atoms with van der Waals surface area (Å²) in [6.45, 7) is 3.88. The molecule has 0 aliphatic rings. The van der Waals surface area contributed by atoms with Gasteiger partial charge >= 0.3 is 5.97 Å². The van der Waals surface area contributed by atoms with Gasteiger partial charge in [-0.3, -0.25) is 0 Å². The van der Waals surface area contributed by atoms with Crippen LogP contribution in [0.3, 0.4) is 0 Å². The van der Waals surface area contributed by atoms with Gasteiger partial charge in [0.1, 0.15) is 5.56 Å². The van der Waals surface area contributed by atoms with E-state index in [4.69, 9.17) is 27.9 Å². The number of ether oxygens (including phenoxy) is 1. The zero-order valence-corrected chi connectivity index (χ0v) is 12.0. The van der Waals surface area contributed by atoms with Gasteiger partial charge in [0.25, 0.3) is 0 Å². The molecule has 0 radical (unpaired) electrons. The lowest BCUT2D eigenvalue weighted by atomic mass is 10.2. The maximum absolute atomic E-state index is 11.7. The number of hydrogen-bond donors (Lipinski definition) is 0. The first-order valence-corrected chi connectivity index (χ1v) is 6.47. The average molecular weight is 299 g/mol. The van der Waals surface area contributed by atoms with E-state index in [-0.39, 0.29) is 5.97 Å². The molecule has 0 atom stereocenters. The predicted octanol–water partition coefficient (Wildman–Crippen LogP) is 3.66. The Morgan fingerprint density at radius 1 is 1.37 bits per heavy atom. The molecule has 1 aromatic heterocycles. The summed E-state index contributed by atoms with van der Waals surface area (Å²) in [6, 6.07) is 5.16. The molecular weight excluding hydrogens is 287 g/mol. The van der Waals surface area contributed by atoms with Crippen molar-refractivity contribution in [2.45, 2.75) is 13.8 Å².